The van der Waals surface area contributed by atoms with Crippen LogP contribution in [0.5, 0.6) is 0 Å². The molecule has 0 atom stereocenters. The molecule has 23 heavy (non-hydrogen) atoms. The van der Waals surface area contributed by atoms with Crippen LogP contribution in [-0.4, -0.2) is 10.8 Å². The Balaban J connectivity index is 1.84. The molecule has 0 heterocycles. The van der Waals surface area contributed by atoms with E-state index >= 15 is 0 Å². The van der Waals surface area contributed by atoms with Gasteiger partial charge in [-0.15, -0.1) is 0 Å². The normalized spacial score (nSPS) is 14.3. The quantitative estimate of drug-likeness (QED) is 0.762. The fourth-order valence-corrected chi connectivity index (χ4v) is 3.06. The molecule has 0 spiro atoms. The van der Waals surface area contributed by atoms with E-state index in [0.29, 0.717) is 6.54 Å². The average molecular weight is 305 g/mol. The van der Waals surface area contributed by atoms with Crippen molar-refractivity contribution in [1.29, 1.82) is 0 Å². The van der Waals surface area contributed by atoms with E-state index in [4.69, 9.17) is 0 Å². The lowest BCUT2D eigenvalue weighted by Gasteiger charge is -2.22. The summed E-state index contributed by atoms with van der Waals surface area (Å²) < 4.78 is 0. The Morgan fingerprint density at radius 3 is 2.13 bits per heavy atom. The third kappa shape index (κ3) is 4.32. The fourth-order valence-electron chi connectivity index (χ4n) is 3.06. The molecule has 3 rings (SSSR count). The molecule has 0 radical (unpaired) electrons. The van der Waals surface area contributed by atoms with E-state index < -0.39 is 0 Å². The largest absolute Gasteiger partial charge is 0.311 e. The minimum atomic E-state index is 0.0764. The molecule has 0 saturated heterocycles. The summed E-state index contributed by atoms with van der Waals surface area (Å²) >= 11 is 0. The van der Waals surface area contributed by atoms with Crippen LogP contribution in [0.25, 0.3) is 0 Å². The van der Waals surface area contributed by atoms with Crippen molar-refractivity contribution in [3.8, 4) is 0 Å². The van der Waals surface area contributed by atoms with Crippen LogP contribution in [0.15, 0.2) is 72.4 Å². The molecule has 0 aromatic heterocycles. The predicted octanol–water partition coefficient (Wildman–Crippen LogP) is 5.18. The molecule has 1 aliphatic rings. The van der Waals surface area contributed by atoms with Crippen LogP contribution in [0.2, 0.25) is 0 Å². The zero-order valence-corrected chi connectivity index (χ0v) is 13.4. The van der Waals surface area contributed by atoms with E-state index in [2.05, 4.69) is 18.3 Å². The summed E-state index contributed by atoms with van der Waals surface area (Å²) in [6.45, 7) is 0.623. The number of rotatable bonds is 4. The molecule has 1 fully saturated rings. The number of carbonyl (C=O) groups is 1. The van der Waals surface area contributed by atoms with E-state index in [1.54, 1.807) is 0 Å². The van der Waals surface area contributed by atoms with Gasteiger partial charge in [0.05, 0.1) is 6.54 Å². The molecule has 118 valence electrons. The van der Waals surface area contributed by atoms with Gasteiger partial charge in [-0.1, -0.05) is 60.5 Å². The Labute approximate surface area is 138 Å². The SMILES string of the molecule is O=C(c1ccccc1)N(C=C1CCCCC1)Cc1ccccc1. The Morgan fingerprint density at radius 2 is 1.48 bits per heavy atom. The summed E-state index contributed by atoms with van der Waals surface area (Å²) in [4.78, 5) is 14.8. The first-order valence-electron chi connectivity index (χ1n) is 8.42. The van der Waals surface area contributed by atoms with Crippen LogP contribution in [0.3, 0.4) is 0 Å². The number of amides is 1. The molecule has 2 nitrogen and oxygen atoms in total. The smallest absolute Gasteiger partial charge is 0.258 e. The zero-order valence-electron chi connectivity index (χ0n) is 13.4. The maximum Gasteiger partial charge on any atom is 0.258 e. The lowest BCUT2D eigenvalue weighted by molar-refractivity contribution is 0.0811. The highest BCUT2D eigenvalue weighted by Crippen LogP contribution is 2.24. The highest BCUT2D eigenvalue weighted by Gasteiger charge is 2.16. The van der Waals surface area contributed by atoms with E-state index in [1.165, 1.54) is 24.8 Å². The monoisotopic (exact) mass is 305 g/mol. The van der Waals surface area contributed by atoms with Gasteiger partial charge in [0, 0.05) is 11.8 Å². The van der Waals surface area contributed by atoms with Gasteiger partial charge in [0.15, 0.2) is 0 Å². The Kier molecular flexibility index (Phi) is 5.25. The molecule has 2 heteroatoms. The van der Waals surface area contributed by atoms with E-state index in [1.807, 2.05) is 53.4 Å². The van der Waals surface area contributed by atoms with Crippen molar-refractivity contribution in [2.75, 3.05) is 0 Å². The Bertz CT molecular complexity index is 653. The van der Waals surface area contributed by atoms with Gasteiger partial charge >= 0.3 is 0 Å². The highest BCUT2D eigenvalue weighted by molar-refractivity contribution is 5.94. The third-order valence-electron chi connectivity index (χ3n) is 4.31. The second-order valence-electron chi connectivity index (χ2n) is 6.13. The highest BCUT2D eigenvalue weighted by atomic mass is 16.2. The van der Waals surface area contributed by atoms with Crippen LogP contribution in [-0.2, 0) is 6.54 Å². The summed E-state index contributed by atoms with van der Waals surface area (Å²) in [6.07, 6.45) is 8.12. The van der Waals surface area contributed by atoms with Gasteiger partial charge in [-0.3, -0.25) is 4.79 Å². The first-order valence-corrected chi connectivity index (χ1v) is 8.42. The van der Waals surface area contributed by atoms with Gasteiger partial charge in [-0.2, -0.15) is 0 Å². The second kappa shape index (κ2) is 7.77. The van der Waals surface area contributed by atoms with Gasteiger partial charge in [-0.05, 0) is 43.4 Å². The fraction of sp³-hybridized carbons (Fsp3) is 0.286. The predicted molar refractivity (Wildman–Crippen MR) is 93.9 cm³/mol. The summed E-state index contributed by atoms with van der Waals surface area (Å²) in [5.74, 6) is 0.0764. The van der Waals surface area contributed by atoms with Gasteiger partial charge in [0.2, 0.25) is 0 Å². The van der Waals surface area contributed by atoms with Gasteiger partial charge in [-0.25, -0.2) is 0 Å². The number of allylic oxidation sites excluding steroid dienone is 1. The summed E-state index contributed by atoms with van der Waals surface area (Å²) in [5.41, 5.74) is 3.30. The molecule has 0 bridgehead atoms. The molecular weight excluding hydrogens is 282 g/mol. The second-order valence-corrected chi connectivity index (χ2v) is 6.13. The number of hydrogen-bond donors (Lipinski definition) is 0. The maximum absolute atomic E-state index is 12.9. The number of benzene rings is 2. The first kappa shape index (κ1) is 15.5. The molecule has 2 aromatic carbocycles. The number of carbonyl (C=O) groups excluding carboxylic acids is 1. The first-order chi connectivity index (χ1) is 11.3. The maximum atomic E-state index is 12.9. The molecule has 0 aliphatic heterocycles. The van der Waals surface area contributed by atoms with Crippen molar-refractivity contribution in [2.45, 2.75) is 38.6 Å². The van der Waals surface area contributed by atoms with Crippen molar-refractivity contribution in [1.82, 2.24) is 4.90 Å². The van der Waals surface area contributed by atoms with E-state index in [9.17, 15) is 4.79 Å². The van der Waals surface area contributed by atoms with Crippen molar-refractivity contribution in [3.63, 3.8) is 0 Å². The summed E-state index contributed by atoms with van der Waals surface area (Å²) in [7, 11) is 0. The van der Waals surface area contributed by atoms with Gasteiger partial charge in [0.25, 0.3) is 5.91 Å². The van der Waals surface area contributed by atoms with E-state index in [0.717, 1.165) is 24.0 Å². The van der Waals surface area contributed by atoms with Crippen molar-refractivity contribution >= 4 is 5.91 Å². The lowest BCUT2D eigenvalue weighted by Crippen LogP contribution is -2.26. The molecule has 0 N–H and O–H groups in total. The van der Waals surface area contributed by atoms with Crippen LogP contribution in [0.1, 0.15) is 48.0 Å². The van der Waals surface area contributed by atoms with Crippen LogP contribution < -0.4 is 0 Å². The standard InChI is InChI=1S/C21H23NO/c23-21(20-14-8-3-9-15-20)22(16-18-10-4-1-5-11-18)17-19-12-6-2-7-13-19/h1,3-5,8-11,14-15,17H,2,6-7,12-13,16H2. The Morgan fingerprint density at radius 1 is 0.870 bits per heavy atom. The summed E-state index contributed by atoms with van der Waals surface area (Å²) in [5, 5.41) is 0. The number of nitrogens with zero attached hydrogens (tertiary/aromatic N) is 1. The molecule has 1 aliphatic carbocycles. The van der Waals surface area contributed by atoms with Gasteiger partial charge < -0.3 is 4.90 Å². The Hall–Kier alpha value is -2.35. The van der Waals surface area contributed by atoms with Crippen LogP contribution in [0, 0.1) is 0 Å². The van der Waals surface area contributed by atoms with Crippen molar-refractivity contribution in [2.24, 2.45) is 0 Å². The molecule has 1 amide bonds. The molecular formula is C21H23NO. The zero-order chi connectivity index (χ0) is 15.9. The molecule has 2 aromatic rings. The van der Waals surface area contributed by atoms with Gasteiger partial charge in [0.1, 0.15) is 0 Å². The molecule has 1 saturated carbocycles. The van der Waals surface area contributed by atoms with Crippen molar-refractivity contribution in [3.05, 3.63) is 83.6 Å². The lowest BCUT2D eigenvalue weighted by atomic mass is 9.95. The third-order valence-corrected chi connectivity index (χ3v) is 4.31. The van der Waals surface area contributed by atoms with Crippen LogP contribution >= 0.6 is 0 Å². The topological polar surface area (TPSA) is 20.3 Å². The van der Waals surface area contributed by atoms with Crippen molar-refractivity contribution < 1.29 is 4.79 Å². The average Bonchev–Trinajstić information content (AvgIpc) is 2.63. The summed E-state index contributed by atoms with van der Waals surface area (Å²) in [6, 6.07) is 19.8. The number of hydrogen-bond acceptors (Lipinski definition) is 1. The minimum Gasteiger partial charge on any atom is -0.311 e. The van der Waals surface area contributed by atoms with Crippen LogP contribution in [0.4, 0.5) is 0 Å². The minimum absolute atomic E-state index is 0.0764. The molecule has 0 unspecified atom stereocenters. The van der Waals surface area contributed by atoms with E-state index in [-0.39, 0.29) is 5.91 Å².